The van der Waals surface area contributed by atoms with E-state index in [1.54, 1.807) is 6.07 Å². The van der Waals surface area contributed by atoms with E-state index in [1.165, 1.54) is 6.33 Å². The summed E-state index contributed by atoms with van der Waals surface area (Å²) in [6.07, 6.45) is 1.30. The van der Waals surface area contributed by atoms with Gasteiger partial charge < -0.3 is 15.0 Å². The molecule has 2 saturated heterocycles. The van der Waals surface area contributed by atoms with Crippen LogP contribution in [0.5, 0.6) is 0 Å². The van der Waals surface area contributed by atoms with Gasteiger partial charge in [-0.3, -0.25) is 4.90 Å². The van der Waals surface area contributed by atoms with Gasteiger partial charge >= 0.3 is 0 Å². The van der Waals surface area contributed by atoms with Crippen LogP contribution in [0.4, 0.5) is 26.1 Å². The van der Waals surface area contributed by atoms with Crippen molar-refractivity contribution in [3.63, 3.8) is 0 Å². The van der Waals surface area contributed by atoms with Crippen LogP contribution in [0.2, 0.25) is 0 Å². The highest BCUT2D eigenvalue weighted by Gasteiger charge is 2.29. The van der Waals surface area contributed by atoms with Crippen molar-refractivity contribution in [1.29, 1.82) is 5.26 Å². The molecule has 0 aliphatic carbocycles. The van der Waals surface area contributed by atoms with Crippen LogP contribution in [-0.4, -0.2) is 65.1 Å². The van der Waals surface area contributed by atoms with E-state index < -0.39 is 11.6 Å². The number of rotatable bonds is 5. The summed E-state index contributed by atoms with van der Waals surface area (Å²) in [5.41, 5.74) is 2.53. The lowest BCUT2D eigenvalue weighted by atomic mass is 10.1. The van der Waals surface area contributed by atoms with E-state index in [2.05, 4.69) is 31.3 Å². The van der Waals surface area contributed by atoms with Crippen LogP contribution in [0.15, 0.2) is 36.7 Å². The Kier molecular flexibility index (Phi) is 5.66. The van der Waals surface area contributed by atoms with E-state index >= 15 is 0 Å². The summed E-state index contributed by atoms with van der Waals surface area (Å²) in [6, 6.07) is 10.1. The molecule has 10 heteroatoms. The minimum atomic E-state index is -0.813. The number of nitrogens with zero attached hydrogens (tertiary/aromatic N) is 6. The molecule has 2 fully saturated rings. The maximum absolute atomic E-state index is 14.3. The Balaban J connectivity index is 1.31. The number of aryl methyl sites for hydroxylation is 1. The summed E-state index contributed by atoms with van der Waals surface area (Å²) in [5.74, 6) is -1.31. The van der Waals surface area contributed by atoms with Crippen molar-refractivity contribution in [2.24, 2.45) is 0 Å². The fourth-order valence-corrected chi connectivity index (χ4v) is 4.16. The van der Waals surface area contributed by atoms with Crippen molar-refractivity contribution < 1.29 is 13.5 Å². The third-order valence-electron chi connectivity index (χ3n) is 6.03. The summed E-state index contributed by atoms with van der Waals surface area (Å²) in [6.45, 7) is 7.57. The molecule has 1 aromatic heterocycles. The third kappa shape index (κ3) is 4.37. The second-order valence-electron chi connectivity index (χ2n) is 8.30. The first kappa shape index (κ1) is 21.3. The predicted octanol–water partition coefficient (Wildman–Crippen LogP) is 2.99. The number of piperazine rings is 1. The van der Waals surface area contributed by atoms with Crippen molar-refractivity contribution in [2.45, 2.75) is 13.0 Å². The Morgan fingerprint density at radius 2 is 1.85 bits per heavy atom. The van der Waals surface area contributed by atoms with Gasteiger partial charge in [0.25, 0.3) is 0 Å². The van der Waals surface area contributed by atoms with Gasteiger partial charge in [-0.15, -0.1) is 5.10 Å². The van der Waals surface area contributed by atoms with Crippen LogP contribution in [0.25, 0.3) is 5.69 Å². The summed E-state index contributed by atoms with van der Waals surface area (Å²) in [5, 5.41) is 16.2. The van der Waals surface area contributed by atoms with E-state index in [9.17, 15) is 8.78 Å². The van der Waals surface area contributed by atoms with E-state index in [-0.39, 0.29) is 17.2 Å². The standard InChI is InChI=1S/C23H23F2N7O/c1-15-6-17(9-18(7-15)30-2-4-31(5-3-30)19-12-33-13-19)28-23-27-14-32(29-23)22-10-20(24)16(11-26)8-21(22)25/h6-10,14,19H,2-5,12-13H2,1H3,(H,28,29). The Hall–Kier alpha value is -3.55. The Morgan fingerprint density at radius 3 is 2.55 bits per heavy atom. The largest absolute Gasteiger partial charge is 0.378 e. The highest BCUT2D eigenvalue weighted by molar-refractivity contribution is 5.64. The van der Waals surface area contributed by atoms with Gasteiger partial charge in [0.2, 0.25) is 5.95 Å². The first-order valence-electron chi connectivity index (χ1n) is 10.8. The van der Waals surface area contributed by atoms with Gasteiger partial charge in [0.05, 0.1) is 24.8 Å². The average molecular weight is 451 g/mol. The molecule has 0 saturated carbocycles. The first-order valence-corrected chi connectivity index (χ1v) is 10.8. The van der Waals surface area contributed by atoms with Crippen LogP contribution >= 0.6 is 0 Å². The summed E-state index contributed by atoms with van der Waals surface area (Å²) >= 11 is 0. The second-order valence-corrected chi connectivity index (χ2v) is 8.30. The molecule has 0 bridgehead atoms. The zero-order valence-corrected chi connectivity index (χ0v) is 18.1. The Bertz CT molecular complexity index is 1210. The molecule has 8 nitrogen and oxygen atoms in total. The fourth-order valence-electron chi connectivity index (χ4n) is 4.16. The molecule has 3 heterocycles. The number of benzene rings is 2. The monoisotopic (exact) mass is 451 g/mol. The number of hydrogen-bond acceptors (Lipinski definition) is 7. The van der Waals surface area contributed by atoms with Crippen LogP contribution in [0.3, 0.4) is 0 Å². The molecular formula is C23H23F2N7O. The summed E-state index contributed by atoms with van der Waals surface area (Å²) in [7, 11) is 0. The quantitative estimate of drug-likeness (QED) is 0.639. The van der Waals surface area contributed by atoms with Crippen LogP contribution < -0.4 is 10.2 Å². The van der Waals surface area contributed by atoms with Gasteiger partial charge in [-0.2, -0.15) is 10.2 Å². The number of nitriles is 1. The molecule has 0 radical (unpaired) electrons. The van der Waals surface area contributed by atoms with Crippen molar-refractivity contribution in [2.75, 3.05) is 49.6 Å². The SMILES string of the molecule is Cc1cc(Nc2ncn(-c3cc(F)c(C#N)cc3F)n2)cc(N2CCN(C3COC3)CC2)c1. The fraction of sp³-hybridized carbons (Fsp3) is 0.348. The maximum atomic E-state index is 14.3. The predicted molar refractivity (Wildman–Crippen MR) is 119 cm³/mol. The molecular weight excluding hydrogens is 428 g/mol. The Morgan fingerprint density at radius 1 is 1.06 bits per heavy atom. The van der Waals surface area contributed by atoms with Crippen molar-refractivity contribution >= 4 is 17.3 Å². The minimum absolute atomic E-state index is 0.119. The molecule has 2 aliphatic rings. The van der Waals surface area contributed by atoms with Crippen LogP contribution in [-0.2, 0) is 4.74 Å². The van der Waals surface area contributed by atoms with Gasteiger partial charge in [0.1, 0.15) is 29.7 Å². The molecule has 5 rings (SSSR count). The highest BCUT2D eigenvalue weighted by atomic mass is 19.1. The van der Waals surface area contributed by atoms with Gasteiger partial charge in [0.15, 0.2) is 0 Å². The number of nitrogens with one attached hydrogen (secondary N) is 1. The van der Waals surface area contributed by atoms with Crippen LogP contribution in [0, 0.1) is 29.9 Å². The van der Waals surface area contributed by atoms with Crippen molar-refractivity contribution in [1.82, 2.24) is 19.7 Å². The molecule has 33 heavy (non-hydrogen) atoms. The topological polar surface area (TPSA) is 82.2 Å². The molecule has 0 amide bonds. The zero-order valence-electron chi connectivity index (χ0n) is 18.1. The van der Waals surface area contributed by atoms with Gasteiger partial charge in [0, 0.05) is 43.6 Å². The lowest BCUT2D eigenvalue weighted by Crippen LogP contribution is -2.56. The average Bonchev–Trinajstić information content (AvgIpc) is 3.22. The smallest absolute Gasteiger partial charge is 0.246 e. The molecule has 1 N–H and O–H groups in total. The molecule has 170 valence electrons. The van der Waals surface area contributed by atoms with Gasteiger partial charge in [-0.1, -0.05) is 0 Å². The minimum Gasteiger partial charge on any atom is -0.378 e. The number of anilines is 3. The molecule has 0 unspecified atom stereocenters. The van der Waals surface area contributed by atoms with Gasteiger partial charge in [-0.25, -0.2) is 13.5 Å². The normalized spacial score (nSPS) is 17.0. The molecule has 3 aromatic rings. The van der Waals surface area contributed by atoms with Gasteiger partial charge in [-0.05, 0) is 36.8 Å². The first-order chi connectivity index (χ1) is 16.0. The molecule has 2 aliphatic heterocycles. The van der Waals surface area contributed by atoms with E-state index in [0.717, 1.165) is 73.1 Å². The summed E-state index contributed by atoms with van der Waals surface area (Å²) in [4.78, 5) is 9.01. The highest BCUT2D eigenvalue weighted by Crippen LogP contribution is 2.26. The second kappa shape index (κ2) is 8.77. The lowest BCUT2D eigenvalue weighted by Gasteiger charge is -2.43. The lowest BCUT2D eigenvalue weighted by molar-refractivity contribution is -0.0660. The number of halogens is 2. The van der Waals surface area contributed by atoms with Crippen molar-refractivity contribution in [3.05, 3.63) is 59.4 Å². The maximum Gasteiger partial charge on any atom is 0.246 e. The number of hydrogen-bond donors (Lipinski definition) is 1. The van der Waals surface area contributed by atoms with E-state index in [0.29, 0.717) is 6.04 Å². The Labute approximate surface area is 190 Å². The molecule has 0 spiro atoms. The number of aromatic nitrogens is 3. The number of ether oxygens (including phenoxy) is 1. The molecule has 0 atom stereocenters. The van der Waals surface area contributed by atoms with E-state index in [4.69, 9.17) is 10.00 Å². The molecule has 2 aromatic carbocycles. The summed E-state index contributed by atoms with van der Waals surface area (Å²) < 4.78 is 34.7. The third-order valence-corrected chi connectivity index (χ3v) is 6.03. The van der Waals surface area contributed by atoms with E-state index in [1.807, 2.05) is 19.1 Å². The van der Waals surface area contributed by atoms with Crippen LogP contribution in [0.1, 0.15) is 11.1 Å². The van der Waals surface area contributed by atoms with Crippen molar-refractivity contribution in [3.8, 4) is 11.8 Å². The zero-order chi connectivity index (χ0) is 22.9.